The van der Waals surface area contributed by atoms with Gasteiger partial charge in [0, 0.05) is 26.1 Å². The predicted octanol–water partition coefficient (Wildman–Crippen LogP) is 0.281. The summed E-state index contributed by atoms with van der Waals surface area (Å²) in [5.74, 6) is 0.875. The fourth-order valence-corrected chi connectivity index (χ4v) is 1.74. The van der Waals surface area contributed by atoms with Gasteiger partial charge in [0.25, 0.3) is 0 Å². The number of hydrogen-bond donors (Lipinski definition) is 2. The molecule has 2 fully saturated rings. The van der Waals surface area contributed by atoms with Gasteiger partial charge in [-0.2, -0.15) is 0 Å². The summed E-state index contributed by atoms with van der Waals surface area (Å²) in [5, 5.41) is 6.09. The molecule has 1 amide bonds. The molecule has 4 nitrogen and oxygen atoms in total. The van der Waals surface area contributed by atoms with Crippen LogP contribution in [0.3, 0.4) is 0 Å². The van der Waals surface area contributed by atoms with Crippen LogP contribution in [0.1, 0.15) is 25.7 Å². The van der Waals surface area contributed by atoms with Crippen LogP contribution < -0.4 is 10.6 Å². The van der Waals surface area contributed by atoms with E-state index in [-0.39, 0.29) is 5.91 Å². The smallest absolute Gasteiger partial charge is 0.222 e. The number of rotatable bonds is 6. The largest absolute Gasteiger partial charge is 0.375 e. The highest BCUT2D eigenvalue weighted by atomic mass is 16.5. The van der Waals surface area contributed by atoms with Crippen molar-refractivity contribution in [1.82, 2.24) is 10.6 Å². The molecule has 0 aromatic rings. The van der Waals surface area contributed by atoms with Crippen molar-refractivity contribution >= 4 is 5.91 Å². The molecule has 1 aliphatic heterocycles. The van der Waals surface area contributed by atoms with Gasteiger partial charge in [0.2, 0.25) is 5.91 Å². The maximum Gasteiger partial charge on any atom is 0.222 e. The third-order valence-electron chi connectivity index (χ3n) is 3.24. The molecule has 2 N–H and O–H groups in total. The maximum absolute atomic E-state index is 11.4. The zero-order valence-electron chi connectivity index (χ0n) is 9.13. The van der Waals surface area contributed by atoms with Crippen molar-refractivity contribution in [2.24, 2.45) is 5.92 Å². The van der Waals surface area contributed by atoms with Crippen LogP contribution in [0.5, 0.6) is 0 Å². The Morgan fingerprint density at radius 2 is 2.20 bits per heavy atom. The summed E-state index contributed by atoms with van der Waals surface area (Å²) >= 11 is 0. The zero-order chi connectivity index (χ0) is 10.5. The molecule has 2 rings (SSSR count). The van der Waals surface area contributed by atoms with E-state index in [0.717, 1.165) is 25.6 Å². The average Bonchev–Trinajstić information content (AvgIpc) is 2.06. The van der Waals surface area contributed by atoms with Crippen molar-refractivity contribution in [3.8, 4) is 0 Å². The molecule has 0 aromatic heterocycles. The maximum atomic E-state index is 11.4. The Morgan fingerprint density at radius 3 is 2.73 bits per heavy atom. The Bertz CT molecular complexity index is 213. The van der Waals surface area contributed by atoms with Crippen LogP contribution in [-0.4, -0.2) is 38.3 Å². The van der Waals surface area contributed by atoms with E-state index >= 15 is 0 Å². The fourth-order valence-electron chi connectivity index (χ4n) is 1.74. The van der Waals surface area contributed by atoms with Crippen molar-refractivity contribution in [1.29, 1.82) is 0 Å². The van der Waals surface area contributed by atoms with Crippen molar-refractivity contribution < 1.29 is 9.53 Å². The molecule has 2 aliphatic rings. The topological polar surface area (TPSA) is 50.4 Å². The lowest BCUT2D eigenvalue weighted by molar-refractivity contribution is -0.123. The minimum absolute atomic E-state index is 0.134. The van der Waals surface area contributed by atoms with Gasteiger partial charge in [-0.05, 0) is 18.8 Å². The van der Waals surface area contributed by atoms with Gasteiger partial charge in [-0.1, -0.05) is 6.42 Å². The highest BCUT2D eigenvalue weighted by Gasteiger charge is 2.19. The lowest BCUT2D eigenvalue weighted by Gasteiger charge is -2.27. The molecule has 0 radical (unpaired) electrons. The van der Waals surface area contributed by atoms with Crippen LogP contribution in [-0.2, 0) is 9.53 Å². The molecule has 1 aliphatic carbocycles. The predicted molar refractivity (Wildman–Crippen MR) is 57.6 cm³/mol. The molecule has 1 heterocycles. The van der Waals surface area contributed by atoms with Crippen LogP contribution in [0.15, 0.2) is 0 Å². The minimum Gasteiger partial charge on any atom is -0.375 e. The Kier molecular flexibility index (Phi) is 3.97. The van der Waals surface area contributed by atoms with E-state index in [1.807, 2.05) is 0 Å². The standard InChI is InChI=1S/C11H20N2O2/c14-11(13-6-9-2-1-3-9)4-5-15-10-7-12-8-10/h9-10,12H,1-8H2,(H,13,14). The van der Waals surface area contributed by atoms with Crippen molar-refractivity contribution in [2.45, 2.75) is 31.8 Å². The third kappa shape index (κ3) is 3.47. The van der Waals surface area contributed by atoms with Gasteiger partial charge in [0.15, 0.2) is 0 Å². The van der Waals surface area contributed by atoms with Crippen molar-refractivity contribution in [3.63, 3.8) is 0 Å². The van der Waals surface area contributed by atoms with Gasteiger partial charge in [-0.3, -0.25) is 4.79 Å². The number of amides is 1. The van der Waals surface area contributed by atoms with Crippen LogP contribution in [0.2, 0.25) is 0 Å². The fraction of sp³-hybridized carbons (Fsp3) is 0.909. The Morgan fingerprint density at radius 1 is 1.40 bits per heavy atom. The van der Waals surface area contributed by atoms with Crippen LogP contribution in [0, 0.1) is 5.92 Å². The van der Waals surface area contributed by atoms with Gasteiger partial charge in [0.05, 0.1) is 12.7 Å². The van der Waals surface area contributed by atoms with E-state index in [1.54, 1.807) is 0 Å². The highest BCUT2D eigenvalue weighted by molar-refractivity contribution is 5.75. The Balaban J connectivity index is 1.44. The number of carbonyl (C=O) groups is 1. The number of nitrogens with one attached hydrogen (secondary N) is 2. The van der Waals surface area contributed by atoms with Gasteiger partial charge in [-0.25, -0.2) is 0 Å². The SMILES string of the molecule is O=C(CCOC1CNC1)NCC1CCC1. The summed E-state index contributed by atoms with van der Waals surface area (Å²) in [4.78, 5) is 11.4. The molecule has 0 atom stereocenters. The lowest BCUT2D eigenvalue weighted by Crippen LogP contribution is -2.48. The van der Waals surface area contributed by atoms with Crippen molar-refractivity contribution in [2.75, 3.05) is 26.2 Å². The van der Waals surface area contributed by atoms with E-state index < -0.39 is 0 Å². The molecule has 1 saturated heterocycles. The summed E-state index contributed by atoms with van der Waals surface area (Å²) < 4.78 is 5.47. The number of hydrogen-bond acceptors (Lipinski definition) is 3. The molecule has 0 spiro atoms. The number of ether oxygens (including phenoxy) is 1. The Hall–Kier alpha value is -0.610. The first kappa shape index (κ1) is 10.9. The molecule has 4 heteroatoms. The monoisotopic (exact) mass is 212 g/mol. The van der Waals surface area contributed by atoms with Gasteiger partial charge >= 0.3 is 0 Å². The number of carbonyl (C=O) groups excluding carboxylic acids is 1. The average molecular weight is 212 g/mol. The Labute approximate surface area is 90.8 Å². The summed E-state index contributed by atoms with van der Waals surface area (Å²) in [5.41, 5.74) is 0. The minimum atomic E-state index is 0.134. The molecule has 15 heavy (non-hydrogen) atoms. The summed E-state index contributed by atoms with van der Waals surface area (Å²) in [7, 11) is 0. The van der Waals surface area contributed by atoms with E-state index in [4.69, 9.17) is 4.74 Å². The quantitative estimate of drug-likeness (QED) is 0.665. The molecule has 86 valence electrons. The third-order valence-corrected chi connectivity index (χ3v) is 3.24. The normalized spacial score (nSPS) is 21.9. The first-order valence-corrected chi connectivity index (χ1v) is 5.93. The first-order valence-electron chi connectivity index (χ1n) is 5.93. The van der Waals surface area contributed by atoms with Crippen LogP contribution in [0.4, 0.5) is 0 Å². The molecule has 1 saturated carbocycles. The summed E-state index contributed by atoms with van der Waals surface area (Å²) in [6.07, 6.45) is 4.74. The lowest BCUT2D eigenvalue weighted by atomic mass is 9.85. The molecular weight excluding hydrogens is 192 g/mol. The van der Waals surface area contributed by atoms with E-state index in [2.05, 4.69) is 10.6 Å². The molecular formula is C11H20N2O2. The van der Waals surface area contributed by atoms with E-state index in [0.29, 0.717) is 19.1 Å². The highest BCUT2D eigenvalue weighted by Crippen LogP contribution is 2.25. The molecule has 0 aromatic carbocycles. The van der Waals surface area contributed by atoms with Crippen molar-refractivity contribution in [3.05, 3.63) is 0 Å². The first-order chi connectivity index (χ1) is 7.34. The van der Waals surface area contributed by atoms with Crippen LogP contribution >= 0.6 is 0 Å². The molecule has 0 bridgehead atoms. The van der Waals surface area contributed by atoms with E-state index in [9.17, 15) is 4.79 Å². The van der Waals surface area contributed by atoms with Crippen LogP contribution in [0.25, 0.3) is 0 Å². The van der Waals surface area contributed by atoms with Gasteiger partial charge in [-0.15, -0.1) is 0 Å². The van der Waals surface area contributed by atoms with Gasteiger partial charge in [0.1, 0.15) is 0 Å². The second kappa shape index (κ2) is 5.47. The zero-order valence-corrected chi connectivity index (χ0v) is 9.13. The summed E-state index contributed by atoms with van der Waals surface area (Å²) in [6.45, 7) is 3.29. The van der Waals surface area contributed by atoms with E-state index in [1.165, 1.54) is 19.3 Å². The summed E-state index contributed by atoms with van der Waals surface area (Å²) in [6, 6.07) is 0. The van der Waals surface area contributed by atoms with Gasteiger partial charge < -0.3 is 15.4 Å². The second-order valence-electron chi connectivity index (χ2n) is 4.50. The molecule has 0 unspecified atom stereocenters. The second-order valence-corrected chi connectivity index (χ2v) is 4.50.